The molecule has 1 aliphatic carbocycles. The van der Waals surface area contributed by atoms with E-state index >= 15 is 0 Å². The van der Waals surface area contributed by atoms with E-state index in [1.807, 2.05) is 34.7 Å². The number of hydrogen-bond acceptors (Lipinski definition) is 3. The first-order valence-electron chi connectivity index (χ1n) is 6.78. The lowest BCUT2D eigenvalue weighted by molar-refractivity contribution is -0.142. The predicted octanol–water partition coefficient (Wildman–Crippen LogP) is 1.63. The molecule has 0 atom stereocenters. The quantitative estimate of drug-likeness (QED) is 0.704. The van der Waals surface area contributed by atoms with Gasteiger partial charge in [0.1, 0.15) is 0 Å². The van der Waals surface area contributed by atoms with E-state index in [0.717, 1.165) is 12.5 Å². The molecular formula is C14H28N2O2. The minimum Gasteiger partial charge on any atom is -0.379 e. The minimum absolute atomic E-state index is 0.0741. The van der Waals surface area contributed by atoms with Crippen LogP contribution < -0.4 is 5.73 Å². The lowest BCUT2D eigenvalue weighted by atomic mass is 9.74. The third kappa shape index (κ3) is 3.95. The predicted molar refractivity (Wildman–Crippen MR) is 73.2 cm³/mol. The highest BCUT2D eigenvalue weighted by Crippen LogP contribution is 2.30. The summed E-state index contributed by atoms with van der Waals surface area (Å²) in [7, 11) is 1.82. The van der Waals surface area contributed by atoms with Crippen LogP contribution in [0.25, 0.3) is 0 Å². The molecule has 1 amide bonds. The summed E-state index contributed by atoms with van der Waals surface area (Å²) in [6, 6.07) is 0. The van der Waals surface area contributed by atoms with Gasteiger partial charge < -0.3 is 15.4 Å². The second kappa shape index (κ2) is 5.57. The van der Waals surface area contributed by atoms with E-state index in [-0.39, 0.29) is 5.91 Å². The molecule has 0 aromatic carbocycles. The molecule has 0 saturated heterocycles. The molecule has 0 aliphatic heterocycles. The zero-order valence-corrected chi connectivity index (χ0v) is 12.5. The zero-order chi connectivity index (χ0) is 14.0. The van der Waals surface area contributed by atoms with Crippen molar-refractivity contribution in [2.24, 2.45) is 17.1 Å². The van der Waals surface area contributed by atoms with Crippen molar-refractivity contribution in [2.75, 3.05) is 26.8 Å². The monoisotopic (exact) mass is 256 g/mol. The highest BCUT2D eigenvalue weighted by Gasteiger charge is 2.41. The number of amides is 1. The van der Waals surface area contributed by atoms with Crippen LogP contribution in [0.1, 0.15) is 40.5 Å². The molecule has 1 aliphatic rings. The molecule has 1 rings (SSSR count). The van der Waals surface area contributed by atoms with Crippen LogP contribution in [-0.2, 0) is 9.53 Å². The maximum absolute atomic E-state index is 12.3. The van der Waals surface area contributed by atoms with Crippen LogP contribution in [0.4, 0.5) is 0 Å². The van der Waals surface area contributed by atoms with Crippen molar-refractivity contribution in [3.63, 3.8) is 0 Å². The average molecular weight is 256 g/mol. The molecule has 0 aromatic heterocycles. The first kappa shape index (κ1) is 15.4. The van der Waals surface area contributed by atoms with Crippen molar-refractivity contribution < 1.29 is 9.53 Å². The van der Waals surface area contributed by atoms with E-state index in [1.54, 1.807) is 4.90 Å². The van der Waals surface area contributed by atoms with Gasteiger partial charge in [0.25, 0.3) is 0 Å². The Labute approximate surface area is 111 Å². The first-order chi connectivity index (χ1) is 8.16. The highest BCUT2D eigenvalue weighted by molar-refractivity contribution is 5.83. The van der Waals surface area contributed by atoms with Gasteiger partial charge >= 0.3 is 0 Å². The van der Waals surface area contributed by atoms with Gasteiger partial charge in [-0.15, -0.1) is 0 Å². The van der Waals surface area contributed by atoms with Gasteiger partial charge in [-0.2, -0.15) is 0 Å². The molecule has 0 bridgehead atoms. The van der Waals surface area contributed by atoms with Crippen LogP contribution >= 0.6 is 0 Å². The normalized spacial score (nSPS) is 16.8. The fraction of sp³-hybridized carbons (Fsp3) is 0.929. The van der Waals surface area contributed by atoms with Gasteiger partial charge in [0.2, 0.25) is 5.91 Å². The molecule has 0 heterocycles. The summed E-state index contributed by atoms with van der Waals surface area (Å²) in [5.74, 6) is 0.843. The van der Waals surface area contributed by atoms with Gasteiger partial charge in [-0.05, 0) is 46.5 Å². The lowest BCUT2D eigenvalue weighted by Crippen LogP contribution is -2.56. The van der Waals surface area contributed by atoms with Crippen LogP contribution in [0.3, 0.4) is 0 Å². The van der Waals surface area contributed by atoms with Crippen molar-refractivity contribution >= 4 is 5.91 Å². The van der Waals surface area contributed by atoms with Crippen molar-refractivity contribution in [3.05, 3.63) is 0 Å². The molecule has 4 heteroatoms. The van der Waals surface area contributed by atoms with Crippen molar-refractivity contribution in [2.45, 2.75) is 46.1 Å². The van der Waals surface area contributed by atoms with E-state index in [4.69, 9.17) is 10.5 Å². The van der Waals surface area contributed by atoms with Gasteiger partial charge in [0, 0.05) is 25.7 Å². The Balaban J connectivity index is 2.34. The fourth-order valence-electron chi connectivity index (χ4n) is 1.59. The Bertz CT molecular complexity index is 291. The molecule has 1 fully saturated rings. The van der Waals surface area contributed by atoms with Crippen LogP contribution in [0, 0.1) is 11.3 Å². The van der Waals surface area contributed by atoms with Gasteiger partial charge in [-0.1, -0.05) is 0 Å². The van der Waals surface area contributed by atoms with Gasteiger partial charge in [0.05, 0.1) is 12.0 Å². The van der Waals surface area contributed by atoms with Gasteiger partial charge in [-0.3, -0.25) is 4.79 Å². The zero-order valence-electron chi connectivity index (χ0n) is 12.5. The van der Waals surface area contributed by atoms with E-state index in [9.17, 15) is 4.79 Å². The van der Waals surface area contributed by atoms with E-state index in [1.165, 1.54) is 12.8 Å². The molecule has 0 spiro atoms. The molecular weight excluding hydrogens is 228 g/mol. The fourth-order valence-corrected chi connectivity index (χ4v) is 1.59. The molecule has 4 nitrogen and oxygen atoms in total. The first-order valence-corrected chi connectivity index (χ1v) is 6.78. The largest absolute Gasteiger partial charge is 0.379 e. The second-order valence-electron chi connectivity index (χ2n) is 6.59. The number of rotatable bonds is 7. The summed E-state index contributed by atoms with van der Waals surface area (Å²) in [5.41, 5.74) is 4.97. The standard InChI is InChI=1S/C14H28N2O2/c1-13(2,14(3,4)15)12(17)16(5)8-9-18-10-11-6-7-11/h11H,6-10,15H2,1-5H3. The summed E-state index contributed by atoms with van der Waals surface area (Å²) >= 11 is 0. The third-order valence-corrected chi connectivity index (χ3v) is 4.11. The molecule has 1 saturated carbocycles. The molecule has 2 N–H and O–H groups in total. The summed E-state index contributed by atoms with van der Waals surface area (Å²) in [5, 5.41) is 0. The number of nitrogens with two attached hydrogens (primary N) is 1. The van der Waals surface area contributed by atoms with E-state index in [2.05, 4.69) is 0 Å². The van der Waals surface area contributed by atoms with Crippen LogP contribution in [0.2, 0.25) is 0 Å². The van der Waals surface area contributed by atoms with Crippen LogP contribution in [-0.4, -0.2) is 43.2 Å². The van der Waals surface area contributed by atoms with Crippen LogP contribution in [0.15, 0.2) is 0 Å². The average Bonchev–Trinajstić information content (AvgIpc) is 3.05. The lowest BCUT2D eigenvalue weighted by Gasteiger charge is -2.39. The Kier molecular flexibility index (Phi) is 4.78. The Morgan fingerprint density at radius 2 is 1.89 bits per heavy atom. The number of carbonyl (C=O) groups is 1. The van der Waals surface area contributed by atoms with Crippen molar-refractivity contribution in [3.8, 4) is 0 Å². The number of carbonyl (C=O) groups excluding carboxylic acids is 1. The topological polar surface area (TPSA) is 55.6 Å². The van der Waals surface area contributed by atoms with Gasteiger partial charge in [-0.25, -0.2) is 0 Å². The maximum atomic E-state index is 12.3. The van der Waals surface area contributed by atoms with Crippen molar-refractivity contribution in [1.29, 1.82) is 0 Å². The number of ether oxygens (including phenoxy) is 1. The Morgan fingerprint density at radius 1 is 1.33 bits per heavy atom. The summed E-state index contributed by atoms with van der Waals surface area (Å²) in [6.07, 6.45) is 2.59. The molecule has 0 aromatic rings. The Hall–Kier alpha value is -0.610. The second-order valence-corrected chi connectivity index (χ2v) is 6.59. The SMILES string of the molecule is CN(CCOCC1CC1)C(=O)C(C)(C)C(C)(C)N. The summed E-state index contributed by atoms with van der Waals surface area (Å²) in [6.45, 7) is 9.66. The molecule has 18 heavy (non-hydrogen) atoms. The van der Waals surface area contributed by atoms with E-state index in [0.29, 0.717) is 13.2 Å². The number of hydrogen-bond donors (Lipinski definition) is 1. The van der Waals surface area contributed by atoms with Gasteiger partial charge in [0.15, 0.2) is 0 Å². The smallest absolute Gasteiger partial charge is 0.229 e. The number of nitrogens with zero attached hydrogens (tertiary/aromatic N) is 1. The summed E-state index contributed by atoms with van der Waals surface area (Å²) < 4.78 is 5.55. The Morgan fingerprint density at radius 3 is 2.33 bits per heavy atom. The minimum atomic E-state index is -0.571. The molecule has 0 radical (unpaired) electrons. The molecule has 106 valence electrons. The van der Waals surface area contributed by atoms with E-state index < -0.39 is 11.0 Å². The maximum Gasteiger partial charge on any atom is 0.229 e. The summed E-state index contributed by atoms with van der Waals surface area (Å²) in [4.78, 5) is 14.1. The van der Waals surface area contributed by atoms with Crippen LogP contribution in [0.5, 0.6) is 0 Å². The third-order valence-electron chi connectivity index (χ3n) is 4.11. The number of likely N-dealkylation sites (N-methyl/N-ethyl adjacent to an activating group) is 1. The molecule has 0 unspecified atom stereocenters. The highest BCUT2D eigenvalue weighted by atomic mass is 16.5. The van der Waals surface area contributed by atoms with Crippen molar-refractivity contribution in [1.82, 2.24) is 4.90 Å².